The highest BCUT2D eigenvalue weighted by Gasteiger charge is 2.29. The molecule has 2 aromatic carbocycles. The van der Waals surface area contributed by atoms with Crippen LogP contribution in [0.15, 0.2) is 60.3 Å². The van der Waals surface area contributed by atoms with Gasteiger partial charge in [0.15, 0.2) is 0 Å². The van der Waals surface area contributed by atoms with Gasteiger partial charge < -0.3 is 15.7 Å². The van der Waals surface area contributed by atoms with Crippen molar-refractivity contribution in [3.05, 3.63) is 82.9 Å². The van der Waals surface area contributed by atoms with Crippen molar-refractivity contribution in [2.24, 2.45) is 0 Å². The molecule has 0 saturated carbocycles. The van der Waals surface area contributed by atoms with Gasteiger partial charge in [0.05, 0.1) is 18.8 Å². The summed E-state index contributed by atoms with van der Waals surface area (Å²) >= 11 is 0. The van der Waals surface area contributed by atoms with Crippen LogP contribution in [0.3, 0.4) is 0 Å². The van der Waals surface area contributed by atoms with Crippen molar-refractivity contribution in [1.82, 2.24) is 15.1 Å². The Hall–Kier alpha value is -3.78. The summed E-state index contributed by atoms with van der Waals surface area (Å²) in [6.07, 6.45) is 1.46. The van der Waals surface area contributed by atoms with E-state index in [9.17, 15) is 19.1 Å². The van der Waals surface area contributed by atoms with E-state index in [2.05, 4.69) is 15.7 Å². The summed E-state index contributed by atoms with van der Waals surface area (Å²) < 4.78 is 15.5. The zero-order valence-electron chi connectivity index (χ0n) is 18.4. The quantitative estimate of drug-likeness (QED) is 0.538. The monoisotopic (exact) mass is 448 g/mol. The summed E-state index contributed by atoms with van der Waals surface area (Å²) in [5.74, 6) is -1.56. The molecule has 0 radical (unpaired) electrons. The van der Waals surface area contributed by atoms with Gasteiger partial charge in [0, 0.05) is 41.1 Å². The lowest BCUT2D eigenvalue weighted by atomic mass is 9.86. The highest BCUT2D eigenvalue weighted by molar-refractivity contribution is 6.07. The number of nitrogens with one attached hydrogen (secondary N) is 2. The van der Waals surface area contributed by atoms with Crippen LogP contribution in [-0.2, 0) is 16.1 Å². The number of aryl methyl sites for hydroxylation is 2. The van der Waals surface area contributed by atoms with E-state index in [0.717, 1.165) is 22.5 Å². The number of aromatic nitrogens is 2. The fourth-order valence-electron chi connectivity index (χ4n) is 3.94. The third kappa shape index (κ3) is 4.85. The van der Waals surface area contributed by atoms with E-state index in [-0.39, 0.29) is 24.8 Å². The van der Waals surface area contributed by atoms with Crippen LogP contribution >= 0.6 is 0 Å². The number of halogens is 1. The second-order valence-corrected chi connectivity index (χ2v) is 8.08. The highest BCUT2D eigenvalue weighted by atomic mass is 19.1. The predicted octanol–water partition coefficient (Wildman–Crippen LogP) is 3.42. The SMILES string of the molecule is Cc1ccc(-c2cc(C)n(CCO)n2)cc1NC(=O)C1=CNC(=O)C[C@H]1c1cccc(F)c1. The predicted molar refractivity (Wildman–Crippen MR) is 123 cm³/mol. The average Bonchev–Trinajstić information content (AvgIpc) is 3.15. The zero-order valence-corrected chi connectivity index (χ0v) is 18.4. The smallest absolute Gasteiger partial charge is 0.253 e. The molecule has 1 aliphatic heterocycles. The fourth-order valence-corrected chi connectivity index (χ4v) is 3.94. The van der Waals surface area contributed by atoms with Crippen LogP contribution in [0, 0.1) is 19.7 Å². The molecule has 4 rings (SSSR count). The molecule has 2 amide bonds. The van der Waals surface area contributed by atoms with Crippen LogP contribution in [-0.4, -0.2) is 33.3 Å². The van der Waals surface area contributed by atoms with E-state index < -0.39 is 11.7 Å². The number of aliphatic hydroxyl groups excluding tert-OH is 1. The summed E-state index contributed by atoms with van der Waals surface area (Å²) in [6.45, 7) is 4.20. The van der Waals surface area contributed by atoms with Gasteiger partial charge in [0.1, 0.15) is 5.82 Å². The zero-order chi connectivity index (χ0) is 23.5. The summed E-state index contributed by atoms with van der Waals surface area (Å²) in [5.41, 5.74) is 4.88. The van der Waals surface area contributed by atoms with E-state index in [1.165, 1.54) is 18.3 Å². The van der Waals surface area contributed by atoms with Gasteiger partial charge in [-0.1, -0.05) is 24.3 Å². The van der Waals surface area contributed by atoms with Gasteiger partial charge in [0.2, 0.25) is 5.91 Å². The molecule has 1 aromatic heterocycles. The molecule has 0 saturated heterocycles. The molecule has 8 heteroatoms. The first-order chi connectivity index (χ1) is 15.9. The topological polar surface area (TPSA) is 96.2 Å². The molecule has 0 spiro atoms. The molecule has 2 heterocycles. The number of carbonyl (C=O) groups excluding carboxylic acids is 2. The maximum absolute atomic E-state index is 13.8. The Bertz CT molecular complexity index is 1250. The highest BCUT2D eigenvalue weighted by Crippen LogP contribution is 2.32. The van der Waals surface area contributed by atoms with Crippen LogP contribution in [0.25, 0.3) is 11.3 Å². The van der Waals surface area contributed by atoms with Crippen molar-refractivity contribution in [1.29, 1.82) is 0 Å². The first-order valence-electron chi connectivity index (χ1n) is 10.7. The Morgan fingerprint density at radius 2 is 2.06 bits per heavy atom. The summed E-state index contributed by atoms with van der Waals surface area (Å²) in [7, 11) is 0. The first-order valence-corrected chi connectivity index (χ1v) is 10.7. The van der Waals surface area contributed by atoms with Crippen LogP contribution in [0.2, 0.25) is 0 Å². The third-order valence-corrected chi connectivity index (χ3v) is 5.74. The number of benzene rings is 2. The molecule has 0 fully saturated rings. The lowest BCUT2D eigenvalue weighted by Gasteiger charge is -2.24. The molecule has 7 nitrogen and oxygen atoms in total. The minimum atomic E-state index is -0.547. The fraction of sp³-hybridized carbons (Fsp3) is 0.240. The Labute approximate surface area is 190 Å². The first kappa shape index (κ1) is 22.4. The lowest BCUT2D eigenvalue weighted by molar-refractivity contribution is -0.121. The molecule has 0 aliphatic carbocycles. The third-order valence-electron chi connectivity index (χ3n) is 5.74. The molecule has 3 aromatic rings. The van der Waals surface area contributed by atoms with Gasteiger partial charge in [-0.2, -0.15) is 5.10 Å². The number of carbonyl (C=O) groups is 2. The maximum Gasteiger partial charge on any atom is 0.253 e. The number of amides is 2. The number of hydrogen-bond donors (Lipinski definition) is 3. The van der Waals surface area contributed by atoms with Crippen molar-refractivity contribution in [2.75, 3.05) is 11.9 Å². The normalized spacial score (nSPS) is 15.7. The van der Waals surface area contributed by atoms with E-state index in [0.29, 0.717) is 23.4 Å². The summed E-state index contributed by atoms with van der Waals surface area (Å²) in [5, 5.41) is 19.3. The maximum atomic E-state index is 13.8. The van der Waals surface area contributed by atoms with E-state index >= 15 is 0 Å². The van der Waals surface area contributed by atoms with Crippen LogP contribution in [0.5, 0.6) is 0 Å². The molecule has 33 heavy (non-hydrogen) atoms. The Kier molecular flexibility index (Phi) is 6.37. The molecular weight excluding hydrogens is 423 g/mol. The average molecular weight is 448 g/mol. The van der Waals surface area contributed by atoms with Crippen molar-refractivity contribution in [2.45, 2.75) is 32.7 Å². The molecule has 1 aliphatic rings. The lowest BCUT2D eigenvalue weighted by Crippen LogP contribution is -2.32. The Balaban J connectivity index is 1.61. The van der Waals surface area contributed by atoms with Gasteiger partial charge in [-0.15, -0.1) is 0 Å². The van der Waals surface area contributed by atoms with E-state index in [4.69, 9.17) is 0 Å². The van der Waals surface area contributed by atoms with Gasteiger partial charge in [-0.25, -0.2) is 4.39 Å². The minimum Gasteiger partial charge on any atom is -0.394 e. The summed E-state index contributed by atoms with van der Waals surface area (Å²) in [6, 6.07) is 13.5. The summed E-state index contributed by atoms with van der Waals surface area (Å²) in [4.78, 5) is 25.2. The standard InChI is InChI=1S/C25H25FN4O3/c1-15-6-7-18(23-10-16(2)30(29-23)8-9-31)12-22(15)28-25(33)21-14-27-24(32)13-20(21)17-4-3-5-19(26)11-17/h3-7,10-12,14,20,31H,8-9,13H2,1-2H3,(H,27,32)(H,28,33)/t20-/m0/s1. The van der Waals surface area contributed by atoms with Crippen molar-refractivity contribution in [3.8, 4) is 11.3 Å². The Morgan fingerprint density at radius 3 is 2.82 bits per heavy atom. The second kappa shape index (κ2) is 9.38. The van der Waals surface area contributed by atoms with Gasteiger partial charge in [-0.05, 0) is 49.2 Å². The van der Waals surface area contributed by atoms with E-state index in [1.54, 1.807) is 16.8 Å². The number of rotatable bonds is 6. The van der Waals surface area contributed by atoms with Crippen LogP contribution in [0.1, 0.15) is 29.2 Å². The van der Waals surface area contributed by atoms with Crippen LogP contribution < -0.4 is 10.6 Å². The van der Waals surface area contributed by atoms with Crippen molar-refractivity contribution < 1.29 is 19.1 Å². The second-order valence-electron chi connectivity index (χ2n) is 8.08. The molecule has 3 N–H and O–H groups in total. The number of aliphatic hydroxyl groups is 1. The van der Waals surface area contributed by atoms with Crippen molar-refractivity contribution in [3.63, 3.8) is 0 Å². The van der Waals surface area contributed by atoms with E-state index in [1.807, 2.05) is 38.1 Å². The van der Waals surface area contributed by atoms with Gasteiger partial charge >= 0.3 is 0 Å². The molecule has 0 unspecified atom stereocenters. The molecule has 0 bridgehead atoms. The van der Waals surface area contributed by atoms with Crippen LogP contribution in [0.4, 0.5) is 10.1 Å². The molecule has 170 valence electrons. The number of hydrogen-bond acceptors (Lipinski definition) is 4. The largest absolute Gasteiger partial charge is 0.394 e. The van der Waals surface area contributed by atoms with Crippen molar-refractivity contribution >= 4 is 17.5 Å². The number of nitrogens with zero attached hydrogens (tertiary/aromatic N) is 2. The van der Waals surface area contributed by atoms with Gasteiger partial charge in [-0.3, -0.25) is 14.3 Å². The number of anilines is 1. The molecular formula is C25H25FN4O3. The molecule has 1 atom stereocenters. The minimum absolute atomic E-state index is 0.00467. The van der Waals surface area contributed by atoms with Gasteiger partial charge in [0.25, 0.3) is 5.91 Å². The Morgan fingerprint density at radius 1 is 1.24 bits per heavy atom.